The highest BCUT2D eigenvalue weighted by atomic mass is 32.1. The molecular formula is C13H20N4S. The second-order valence-electron chi connectivity index (χ2n) is 4.92. The van der Waals surface area contributed by atoms with Crippen LogP contribution in [0.2, 0.25) is 0 Å². The van der Waals surface area contributed by atoms with Crippen molar-refractivity contribution in [3.8, 4) is 0 Å². The summed E-state index contributed by atoms with van der Waals surface area (Å²) in [7, 11) is 0. The molecule has 5 heteroatoms. The number of nitrogens with two attached hydrogens (primary N) is 1. The molecule has 1 aliphatic rings. The number of nitrogens with one attached hydrogen (secondary N) is 1. The third-order valence-electron chi connectivity index (χ3n) is 3.44. The van der Waals surface area contributed by atoms with Crippen LogP contribution in [0.15, 0.2) is 18.2 Å². The van der Waals surface area contributed by atoms with Crippen LogP contribution in [0, 0.1) is 0 Å². The molecule has 1 saturated heterocycles. The summed E-state index contributed by atoms with van der Waals surface area (Å²) in [4.78, 5) is 4.75. The number of piperidine rings is 1. The number of anilines is 1. The Labute approximate surface area is 114 Å². The smallest absolute Gasteiger partial charge is 0.141 e. The van der Waals surface area contributed by atoms with Crippen molar-refractivity contribution in [2.24, 2.45) is 5.73 Å². The Kier molecular flexibility index (Phi) is 4.14. The Hall–Kier alpha value is -1.20. The minimum Gasteiger partial charge on any atom is -0.388 e. The number of pyridine rings is 1. The maximum absolute atomic E-state index is 5.60. The summed E-state index contributed by atoms with van der Waals surface area (Å²) in [5, 5.41) is 2.27. The fourth-order valence-electron chi connectivity index (χ4n) is 2.41. The van der Waals surface area contributed by atoms with E-state index in [2.05, 4.69) is 29.3 Å². The van der Waals surface area contributed by atoms with E-state index in [9.17, 15) is 0 Å². The number of nitrogens with zero attached hydrogens (tertiary/aromatic N) is 2. The van der Waals surface area contributed by atoms with E-state index in [0.29, 0.717) is 22.8 Å². The van der Waals surface area contributed by atoms with Crippen LogP contribution in [0.1, 0.15) is 38.8 Å². The summed E-state index contributed by atoms with van der Waals surface area (Å²) in [5.74, 6) is 0.806. The molecule has 1 aromatic heterocycles. The molecule has 2 rings (SSSR count). The van der Waals surface area contributed by atoms with E-state index in [0.717, 1.165) is 5.82 Å². The second kappa shape index (κ2) is 5.63. The highest BCUT2D eigenvalue weighted by Gasteiger charge is 2.24. The van der Waals surface area contributed by atoms with Gasteiger partial charge in [0, 0.05) is 12.1 Å². The lowest BCUT2D eigenvalue weighted by molar-refractivity contribution is 0.135. The van der Waals surface area contributed by atoms with Gasteiger partial charge in [-0.1, -0.05) is 24.7 Å². The van der Waals surface area contributed by atoms with Crippen molar-refractivity contribution in [3.63, 3.8) is 0 Å². The van der Waals surface area contributed by atoms with E-state index >= 15 is 0 Å². The minimum atomic E-state index is 0.332. The maximum atomic E-state index is 5.60. The van der Waals surface area contributed by atoms with Crippen LogP contribution >= 0.6 is 12.2 Å². The molecule has 0 aliphatic carbocycles. The van der Waals surface area contributed by atoms with Crippen molar-refractivity contribution >= 4 is 23.0 Å². The van der Waals surface area contributed by atoms with Gasteiger partial charge in [-0.15, -0.1) is 0 Å². The molecule has 18 heavy (non-hydrogen) atoms. The zero-order chi connectivity index (χ0) is 13.1. The molecule has 4 nitrogen and oxygen atoms in total. The van der Waals surface area contributed by atoms with E-state index < -0.39 is 0 Å². The van der Waals surface area contributed by atoms with Crippen molar-refractivity contribution < 1.29 is 0 Å². The van der Waals surface area contributed by atoms with E-state index in [1.54, 1.807) is 0 Å². The van der Waals surface area contributed by atoms with Gasteiger partial charge in [0.1, 0.15) is 10.8 Å². The van der Waals surface area contributed by atoms with Crippen molar-refractivity contribution in [2.75, 3.05) is 5.43 Å². The molecule has 98 valence electrons. The molecule has 2 atom stereocenters. The first kappa shape index (κ1) is 13.2. The van der Waals surface area contributed by atoms with Gasteiger partial charge in [-0.2, -0.15) is 0 Å². The minimum absolute atomic E-state index is 0.332. The van der Waals surface area contributed by atoms with Gasteiger partial charge in [0.05, 0.1) is 5.69 Å². The van der Waals surface area contributed by atoms with E-state index in [4.69, 9.17) is 18.0 Å². The summed E-state index contributed by atoms with van der Waals surface area (Å²) in [6.07, 6.45) is 3.72. The quantitative estimate of drug-likeness (QED) is 0.821. The van der Waals surface area contributed by atoms with Crippen LogP contribution in [0.5, 0.6) is 0 Å². The molecule has 0 bridgehead atoms. The first-order chi connectivity index (χ1) is 8.58. The molecule has 2 unspecified atom stereocenters. The Morgan fingerprint density at radius 2 is 2.06 bits per heavy atom. The van der Waals surface area contributed by atoms with Gasteiger partial charge >= 0.3 is 0 Å². The largest absolute Gasteiger partial charge is 0.388 e. The summed E-state index contributed by atoms with van der Waals surface area (Å²) in [6, 6.07) is 6.73. The molecule has 1 aliphatic heterocycles. The average Bonchev–Trinajstić information content (AvgIpc) is 2.34. The monoisotopic (exact) mass is 264 g/mol. The fourth-order valence-corrected chi connectivity index (χ4v) is 2.52. The molecule has 0 aromatic carbocycles. The summed E-state index contributed by atoms with van der Waals surface area (Å²) in [6.45, 7) is 4.47. The van der Waals surface area contributed by atoms with Gasteiger partial charge in [0.25, 0.3) is 0 Å². The van der Waals surface area contributed by atoms with Gasteiger partial charge in [-0.3, -0.25) is 0 Å². The van der Waals surface area contributed by atoms with Crippen LogP contribution in [0.3, 0.4) is 0 Å². The number of hydrogen-bond acceptors (Lipinski definition) is 4. The van der Waals surface area contributed by atoms with E-state index in [1.165, 1.54) is 19.3 Å². The normalized spacial score (nSPS) is 24.8. The van der Waals surface area contributed by atoms with Crippen molar-refractivity contribution in [1.29, 1.82) is 0 Å². The lowest BCUT2D eigenvalue weighted by Gasteiger charge is -2.39. The lowest BCUT2D eigenvalue weighted by atomic mass is 10.00. The average molecular weight is 264 g/mol. The molecule has 0 amide bonds. The molecule has 1 aromatic rings. The highest BCUT2D eigenvalue weighted by Crippen LogP contribution is 2.22. The molecule has 0 saturated carbocycles. The van der Waals surface area contributed by atoms with Gasteiger partial charge in [-0.25, -0.2) is 9.99 Å². The summed E-state index contributed by atoms with van der Waals surface area (Å²) in [5.41, 5.74) is 9.64. The van der Waals surface area contributed by atoms with Crippen LogP contribution in [-0.4, -0.2) is 27.1 Å². The predicted molar refractivity (Wildman–Crippen MR) is 78.4 cm³/mol. The SMILES string of the molecule is CC1CCCC(C)N1Nc1cccc(C(N)=S)n1. The Morgan fingerprint density at radius 1 is 1.39 bits per heavy atom. The maximum Gasteiger partial charge on any atom is 0.141 e. The Bertz CT molecular complexity index is 425. The molecular weight excluding hydrogens is 244 g/mol. The van der Waals surface area contributed by atoms with Crippen molar-refractivity contribution in [3.05, 3.63) is 23.9 Å². The number of hydrogen-bond donors (Lipinski definition) is 2. The van der Waals surface area contributed by atoms with Crippen molar-refractivity contribution in [1.82, 2.24) is 9.99 Å². The van der Waals surface area contributed by atoms with Gasteiger partial charge in [0.2, 0.25) is 0 Å². The molecule has 1 fully saturated rings. The van der Waals surface area contributed by atoms with Crippen LogP contribution in [0.25, 0.3) is 0 Å². The molecule has 0 spiro atoms. The van der Waals surface area contributed by atoms with Crippen LogP contribution < -0.4 is 11.2 Å². The van der Waals surface area contributed by atoms with Gasteiger partial charge < -0.3 is 11.2 Å². The zero-order valence-corrected chi connectivity index (χ0v) is 11.7. The van der Waals surface area contributed by atoms with Crippen molar-refractivity contribution in [2.45, 2.75) is 45.2 Å². The third kappa shape index (κ3) is 2.97. The number of hydrazine groups is 1. The second-order valence-corrected chi connectivity index (χ2v) is 5.36. The highest BCUT2D eigenvalue weighted by molar-refractivity contribution is 7.80. The number of aromatic nitrogens is 1. The van der Waals surface area contributed by atoms with E-state index in [-0.39, 0.29) is 0 Å². The fraction of sp³-hybridized carbons (Fsp3) is 0.538. The summed E-state index contributed by atoms with van der Waals surface area (Å²) >= 11 is 4.95. The first-order valence-corrected chi connectivity index (χ1v) is 6.80. The Balaban J connectivity index is 2.12. The topological polar surface area (TPSA) is 54.2 Å². The molecule has 2 heterocycles. The van der Waals surface area contributed by atoms with Gasteiger partial charge in [0.15, 0.2) is 0 Å². The standard InChI is InChI=1S/C13H20N4S/c1-9-5-3-6-10(2)17(9)16-12-8-4-7-11(15-12)13(14)18/h4,7-10H,3,5-6H2,1-2H3,(H2,14,18)(H,15,16). The molecule has 3 N–H and O–H groups in total. The van der Waals surface area contributed by atoms with Crippen LogP contribution in [0.4, 0.5) is 5.82 Å². The zero-order valence-electron chi connectivity index (χ0n) is 10.9. The van der Waals surface area contributed by atoms with Crippen LogP contribution in [-0.2, 0) is 0 Å². The predicted octanol–water partition coefficient (Wildman–Crippen LogP) is 2.31. The van der Waals surface area contributed by atoms with E-state index in [1.807, 2.05) is 18.2 Å². The Morgan fingerprint density at radius 3 is 2.67 bits per heavy atom. The van der Waals surface area contributed by atoms with Gasteiger partial charge in [-0.05, 0) is 38.8 Å². The number of thiocarbonyl (C=S) groups is 1. The lowest BCUT2D eigenvalue weighted by Crippen LogP contribution is -2.47. The number of rotatable bonds is 3. The first-order valence-electron chi connectivity index (χ1n) is 6.40. The third-order valence-corrected chi connectivity index (χ3v) is 3.65. The summed E-state index contributed by atoms with van der Waals surface area (Å²) < 4.78 is 0. The molecule has 0 radical (unpaired) electrons.